The van der Waals surface area contributed by atoms with Crippen LogP contribution in [0.15, 0.2) is 56.0 Å². The van der Waals surface area contributed by atoms with Gasteiger partial charge in [-0.1, -0.05) is 45.4 Å². The molecule has 0 unspecified atom stereocenters. The lowest BCUT2D eigenvalue weighted by molar-refractivity contribution is -0.135. The maximum absolute atomic E-state index is 13.2. The molecule has 2 aromatic heterocycles. The number of furan rings is 1. The molecule has 1 atom stereocenters. The molecule has 1 aliphatic rings. The second kappa shape index (κ2) is 9.82. The summed E-state index contributed by atoms with van der Waals surface area (Å²) in [6, 6.07) is 11.9. The number of hydrogen-bond acceptors (Lipinski definition) is 5. The molecule has 36 heavy (non-hydrogen) atoms. The number of fused-ring (bicyclic) bond motifs is 1. The SMILES string of the molecule is Cc1cc([C@@H](C)n2cc(CN3CCN(C(=O)c4oc5c(Br)cccc5c4C)CC3=O)nn2)ccc1Br. The van der Waals surface area contributed by atoms with Crippen LogP contribution >= 0.6 is 31.9 Å². The van der Waals surface area contributed by atoms with Gasteiger partial charge < -0.3 is 14.2 Å². The van der Waals surface area contributed by atoms with Gasteiger partial charge in [-0.2, -0.15) is 0 Å². The lowest BCUT2D eigenvalue weighted by atomic mass is 10.1. The molecule has 186 valence electrons. The fourth-order valence-corrected chi connectivity index (χ4v) is 5.15. The molecular weight excluding hydrogens is 590 g/mol. The smallest absolute Gasteiger partial charge is 0.290 e. The van der Waals surface area contributed by atoms with Crippen LogP contribution in [0.1, 0.15) is 45.9 Å². The first-order valence-electron chi connectivity index (χ1n) is 11.6. The Morgan fingerprint density at radius 2 is 1.94 bits per heavy atom. The largest absolute Gasteiger partial charge is 0.449 e. The van der Waals surface area contributed by atoms with Gasteiger partial charge in [-0.3, -0.25) is 9.59 Å². The minimum Gasteiger partial charge on any atom is -0.449 e. The van der Waals surface area contributed by atoms with Gasteiger partial charge in [0.25, 0.3) is 5.91 Å². The van der Waals surface area contributed by atoms with Crippen molar-refractivity contribution in [3.8, 4) is 0 Å². The molecule has 0 saturated carbocycles. The third kappa shape index (κ3) is 4.59. The van der Waals surface area contributed by atoms with Gasteiger partial charge in [-0.25, -0.2) is 4.68 Å². The highest BCUT2D eigenvalue weighted by molar-refractivity contribution is 9.11. The average Bonchev–Trinajstić information content (AvgIpc) is 3.47. The van der Waals surface area contributed by atoms with Crippen LogP contribution in [0, 0.1) is 13.8 Å². The van der Waals surface area contributed by atoms with Crippen LogP contribution in [0.3, 0.4) is 0 Å². The van der Waals surface area contributed by atoms with Gasteiger partial charge in [-0.15, -0.1) is 5.10 Å². The maximum atomic E-state index is 13.2. The molecule has 2 amide bonds. The number of amides is 2. The highest BCUT2D eigenvalue weighted by Crippen LogP contribution is 2.32. The summed E-state index contributed by atoms with van der Waals surface area (Å²) in [6.45, 7) is 7.17. The second-order valence-electron chi connectivity index (χ2n) is 9.09. The van der Waals surface area contributed by atoms with E-state index in [1.807, 2.05) is 42.1 Å². The second-order valence-corrected chi connectivity index (χ2v) is 10.8. The number of rotatable bonds is 5. The number of aromatic nitrogens is 3. The molecule has 0 bridgehead atoms. The number of benzene rings is 2. The molecule has 1 aliphatic heterocycles. The van der Waals surface area contributed by atoms with Gasteiger partial charge in [0.1, 0.15) is 17.8 Å². The Labute approximate surface area is 225 Å². The van der Waals surface area contributed by atoms with E-state index in [0.29, 0.717) is 30.9 Å². The molecular formula is C26H25Br2N5O3. The van der Waals surface area contributed by atoms with Crippen molar-refractivity contribution in [2.45, 2.75) is 33.4 Å². The molecule has 0 radical (unpaired) electrons. The van der Waals surface area contributed by atoms with E-state index in [4.69, 9.17) is 4.42 Å². The van der Waals surface area contributed by atoms with Gasteiger partial charge in [0.2, 0.25) is 5.91 Å². The van der Waals surface area contributed by atoms with Crippen LogP contribution in [0.25, 0.3) is 11.0 Å². The van der Waals surface area contributed by atoms with E-state index < -0.39 is 0 Å². The van der Waals surface area contributed by atoms with E-state index in [0.717, 1.165) is 31.0 Å². The highest BCUT2D eigenvalue weighted by Gasteiger charge is 2.31. The number of nitrogens with zero attached hydrogens (tertiary/aromatic N) is 5. The van der Waals surface area contributed by atoms with Crippen molar-refractivity contribution < 1.29 is 14.0 Å². The molecule has 0 N–H and O–H groups in total. The Balaban J connectivity index is 1.24. The van der Waals surface area contributed by atoms with E-state index in [9.17, 15) is 9.59 Å². The van der Waals surface area contributed by atoms with Crippen LogP contribution in [0.2, 0.25) is 0 Å². The molecule has 5 rings (SSSR count). The first kappa shape index (κ1) is 24.7. The predicted molar refractivity (Wildman–Crippen MR) is 143 cm³/mol. The summed E-state index contributed by atoms with van der Waals surface area (Å²) in [5.74, 6) is -0.123. The van der Waals surface area contributed by atoms with Crippen molar-refractivity contribution in [2.75, 3.05) is 19.6 Å². The van der Waals surface area contributed by atoms with Crippen LogP contribution in [0.5, 0.6) is 0 Å². The van der Waals surface area contributed by atoms with Gasteiger partial charge in [0, 0.05) is 28.5 Å². The number of carbonyl (C=O) groups excluding carboxylic acids is 2. The number of piperazine rings is 1. The maximum Gasteiger partial charge on any atom is 0.290 e. The topological polar surface area (TPSA) is 84.5 Å². The van der Waals surface area contributed by atoms with Crippen molar-refractivity contribution in [3.63, 3.8) is 0 Å². The molecule has 3 heterocycles. The molecule has 10 heteroatoms. The first-order chi connectivity index (χ1) is 17.2. The fraction of sp³-hybridized carbons (Fsp3) is 0.308. The Morgan fingerprint density at radius 3 is 2.67 bits per heavy atom. The van der Waals surface area contributed by atoms with Crippen molar-refractivity contribution in [1.82, 2.24) is 24.8 Å². The molecule has 2 aromatic carbocycles. The highest BCUT2D eigenvalue weighted by atomic mass is 79.9. The third-order valence-electron chi connectivity index (χ3n) is 6.69. The van der Waals surface area contributed by atoms with Gasteiger partial charge in [0.15, 0.2) is 5.76 Å². The summed E-state index contributed by atoms with van der Waals surface area (Å²) in [4.78, 5) is 29.4. The number of hydrogen-bond donors (Lipinski definition) is 0. The molecule has 0 aliphatic carbocycles. The quantitative estimate of drug-likeness (QED) is 0.306. The summed E-state index contributed by atoms with van der Waals surface area (Å²) in [5, 5.41) is 9.46. The number of aryl methyl sites for hydroxylation is 2. The third-order valence-corrected chi connectivity index (χ3v) is 8.20. The summed E-state index contributed by atoms with van der Waals surface area (Å²) in [7, 11) is 0. The zero-order chi connectivity index (χ0) is 25.6. The zero-order valence-electron chi connectivity index (χ0n) is 20.2. The first-order valence-corrected chi connectivity index (χ1v) is 13.2. The average molecular weight is 615 g/mol. The zero-order valence-corrected chi connectivity index (χ0v) is 23.3. The van der Waals surface area contributed by atoms with Crippen molar-refractivity contribution in [1.29, 1.82) is 0 Å². The monoisotopic (exact) mass is 613 g/mol. The summed E-state index contributed by atoms with van der Waals surface area (Å²) in [5.41, 5.74) is 4.41. The molecule has 1 fully saturated rings. The summed E-state index contributed by atoms with van der Waals surface area (Å²) in [6.07, 6.45) is 1.88. The Hall–Kier alpha value is -2.98. The Morgan fingerprint density at radius 1 is 1.14 bits per heavy atom. The van der Waals surface area contributed by atoms with E-state index in [1.54, 1.807) is 9.80 Å². The molecule has 1 saturated heterocycles. The normalized spacial score (nSPS) is 15.1. The van der Waals surface area contributed by atoms with Gasteiger partial charge in [0.05, 0.1) is 23.3 Å². The lowest BCUT2D eigenvalue weighted by Gasteiger charge is -2.33. The lowest BCUT2D eigenvalue weighted by Crippen LogP contribution is -2.51. The molecule has 0 spiro atoms. The molecule has 4 aromatic rings. The van der Waals surface area contributed by atoms with E-state index >= 15 is 0 Å². The van der Waals surface area contributed by atoms with E-state index in [2.05, 4.69) is 68.2 Å². The van der Waals surface area contributed by atoms with Crippen LogP contribution < -0.4 is 0 Å². The number of para-hydroxylation sites is 1. The fourth-order valence-electron chi connectivity index (χ4n) is 4.46. The minimum atomic E-state index is -0.270. The summed E-state index contributed by atoms with van der Waals surface area (Å²) < 4.78 is 9.56. The van der Waals surface area contributed by atoms with Gasteiger partial charge in [-0.05, 0) is 60.0 Å². The van der Waals surface area contributed by atoms with Crippen molar-refractivity contribution >= 4 is 54.6 Å². The Kier molecular flexibility index (Phi) is 6.74. The standard InChI is InChI=1S/C26H25Br2N5O3/c1-15-11-18(7-8-21(15)27)17(3)33-13-19(29-30-33)12-31-9-10-32(14-23(31)34)26(35)24-16(2)20-5-4-6-22(28)25(20)36-24/h4-8,11,13,17H,9-10,12,14H2,1-3H3/t17-/m1/s1. The number of halogens is 2. The Bertz CT molecular complexity index is 1480. The van der Waals surface area contributed by atoms with Crippen LogP contribution in [-0.4, -0.2) is 56.2 Å². The van der Waals surface area contributed by atoms with Crippen molar-refractivity contribution in [3.05, 3.63) is 79.7 Å². The van der Waals surface area contributed by atoms with Crippen molar-refractivity contribution in [2.24, 2.45) is 0 Å². The predicted octanol–water partition coefficient (Wildman–Crippen LogP) is 5.26. The summed E-state index contributed by atoms with van der Waals surface area (Å²) >= 11 is 7.01. The number of carbonyl (C=O) groups is 2. The van der Waals surface area contributed by atoms with Crippen LogP contribution in [0.4, 0.5) is 0 Å². The molecule has 8 nitrogen and oxygen atoms in total. The van der Waals surface area contributed by atoms with Gasteiger partial charge >= 0.3 is 0 Å². The minimum absolute atomic E-state index is 0.000796. The van der Waals surface area contributed by atoms with E-state index in [-0.39, 0.29) is 30.2 Å². The van der Waals surface area contributed by atoms with Crippen LogP contribution in [-0.2, 0) is 11.3 Å². The van der Waals surface area contributed by atoms with E-state index in [1.165, 1.54) is 0 Å².